The number of rotatable bonds is 11. The van der Waals surface area contributed by atoms with Gasteiger partial charge in [0.25, 0.3) is 5.91 Å². The molecule has 1 amide bonds. The fraction of sp³-hybridized carbons (Fsp3) is 0.667. The zero-order valence-electron chi connectivity index (χ0n) is 17.8. The maximum absolute atomic E-state index is 12.7. The van der Waals surface area contributed by atoms with E-state index in [0.717, 1.165) is 12.8 Å². The normalized spacial score (nSPS) is 15.8. The zero-order chi connectivity index (χ0) is 21.3. The number of benzene rings is 1. The Hall–Kier alpha value is -1.80. The minimum absolute atomic E-state index is 0.0356. The van der Waals surface area contributed by atoms with Crippen LogP contribution in [0.2, 0.25) is 0 Å². The molecule has 1 saturated heterocycles. The highest BCUT2D eigenvalue weighted by molar-refractivity contribution is 7.89. The maximum Gasteiger partial charge on any atom is 0.251 e. The Morgan fingerprint density at radius 3 is 2.24 bits per heavy atom. The summed E-state index contributed by atoms with van der Waals surface area (Å²) < 4.78 is 37.4. The van der Waals surface area contributed by atoms with E-state index in [-0.39, 0.29) is 17.7 Å². The van der Waals surface area contributed by atoms with Crippen molar-refractivity contribution in [3.05, 3.63) is 23.8 Å². The van der Waals surface area contributed by atoms with Crippen LogP contribution in [-0.4, -0.2) is 56.7 Å². The third kappa shape index (κ3) is 6.89. The molecule has 1 aromatic rings. The highest BCUT2D eigenvalue weighted by Crippen LogP contribution is 2.29. The minimum Gasteiger partial charge on any atom is -0.490 e. The first-order valence-corrected chi connectivity index (χ1v) is 12.2. The van der Waals surface area contributed by atoms with Crippen LogP contribution in [0.15, 0.2) is 18.2 Å². The number of nitrogens with zero attached hydrogens (tertiary/aromatic N) is 1. The molecule has 7 nitrogen and oxygen atoms in total. The van der Waals surface area contributed by atoms with Gasteiger partial charge in [-0.25, -0.2) is 12.7 Å². The van der Waals surface area contributed by atoms with Crippen LogP contribution in [0, 0.1) is 0 Å². The van der Waals surface area contributed by atoms with E-state index in [4.69, 9.17) is 9.47 Å². The first-order valence-electron chi connectivity index (χ1n) is 10.6. The van der Waals surface area contributed by atoms with Crippen molar-refractivity contribution in [2.75, 3.05) is 32.1 Å². The van der Waals surface area contributed by atoms with Crippen LogP contribution in [0.4, 0.5) is 0 Å². The van der Waals surface area contributed by atoms with Gasteiger partial charge in [0, 0.05) is 24.7 Å². The van der Waals surface area contributed by atoms with Crippen molar-refractivity contribution in [2.45, 2.75) is 58.9 Å². The van der Waals surface area contributed by atoms with E-state index >= 15 is 0 Å². The molecule has 1 aliphatic heterocycles. The molecule has 1 N–H and O–H groups in total. The summed E-state index contributed by atoms with van der Waals surface area (Å²) in [5, 5.41) is 3.03. The summed E-state index contributed by atoms with van der Waals surface area (Å²) in [6.07, 6.45) is 3.60. The number of sulfonamides is 1. The van der Waals surface area contributed by atoms with E-state index in [2.05, 4.69) is 5.32 Å². The van der Waals surface area contributed by atoms with E-state index in [1.807, 2.05) is 20.8 Å². The molecule has 0 aromatic heterocycles. The molecule has 1 heterocycles. The van der Waals surface area contributed by atoms with Crippen LogP contribution >= 0.6 is 0 Å². The molecule has 0 aliphatic carbocycles. The topological polar surface area (TPSA) is 84.9 Å². The SMILES string of the molecule is CCCOc1ccc(C(=O)NC2CCN(S(=O)(=O)CCC)CC2)cc1OCCC. The predicted octanol–water partition coefficient (Wildman–Crippen LogP) is 3.20. The Balaban J connectivity index is 1.98. The number of hydrogen-bond donors (Lipinski definition) is 1. The first-order chi connectivity index (χ1) is 13.9. The van der Waals surface area contributed by atoms with Gasteiger partial charge in [0.1, 0.15) is 0 Å². The molecule has 1 aliphatic rings. The highest BCUT2D eigenvalue weighted by Gasteiger charge is 2.28. The van der Waals surface area contributed by atoms with Gasteiger partial charge < -0.3 is 14.8 Å². The molecule has 0 atom stereocenters. The van der Waals surface area contributed by atoms with Crippen molar-refractivity contribution in [3.63, 3.8) is 0 Å². The lowest BCUT2D eigenvalue weighted by atomic mass is 10.1. The molecule has 2 rings (SSSR count). The molecule has 0 bridgehead atoms. The average Bonchev–Trinajstić information content (AvgIpc) is 2.71. The molecule has 1 fully saturated rings. The second-order valence-corrected chi connectivity index (χ2v) is 9.41. The lowest BCUT2D eigenvalue weighted by molar-refractivity contribution is 0.0923. The Morgan fingerprint density at radius 1 is 1.03 bits per heavy atom. The molecule has 0 unspecified atom stereocenters. The smallest absolute Gasteiger partial charge is 0.251 e. The summed E-state index contributed by atoms with van der Waals surface area (Å²) in [7, 11) is -3.17. The molecular formula is C21H34N2O5S. The summed E-state index contributed by atoms with van der Waals surface area (Å²) >= 11 is 0. The Labute approximate surface area is 174 Å². The molecule has 29 heavy (non-hydrogen) atoms. The quantitative estimate of drug-likeness (QED) is 0.587. The van der Waals surface area contributed by atoms with Crippen LogP contribution in [0.1, 0.15) is 63.2 Å². The predicted molar refractivity (Wildman–Crippen MR) is 114 cm³/mol. The fourth-order valence-electron chi connectivity index (χ4n) is 3.24. The van der Waals surface area contributed by atoms with Gasteiger partial charge in [0.2, 0.25) is 10.0 Å². The summed E-state index contributed by atoms with van der Waals surface area (Å²) in [5.41, 5.74) is 0.515. The van der Waals surface area contributed by atoms with Crippen molar-refractivity contribution < 1.29 is 22.7 Å². The Bertz CT molecular complexity index is 758. The third-order valence-electron chi connectivity index (χ3n) is 4.77. The molecule has 0 saturated carbocycles. The van der Waals surface area contributed by atoms with Crippen molar-refractivity contribution in [1.82, 2.24) is 9.62 Å². The standard InChI is InChI=1S/C21H34N2O5S/c1-4-13-27-19-8-7-17(16-20(19)28-14-5-2)21(24)22-18-9-11-23(12-10-18)29(25,26)15-6-3/h7-8,16,18H,4-6,9-15H2,1-3H3,(H,22,24). The van der Waals surface area contributed by atoms with E-state index in [1.165, 1.54) is 4.31 Å². The second-order valence-electron chi connectivity index (χ2n) is 7.32. The molecule has 0 spiro atoms. The van der Waals surface area contributed by atoms with Gasteiger partial charge in [-0.15, -0.1) is 0 Å². The second kappa shape index (κ2) is 11.4. The molecule has 1 aromatic carbocycles. The number of carbonyl (C=O) groups excluding carboxylic acids is 1. The van der Waals surface area contributed by atoms with Gasteiger partial charge in [0.05, 0.1) is 19.0 Å². The summed E-state index contributed by atoms with van der Waals surface area (Å²) in [4.78, 5) is 12.7. The lowest BCUT2D eigenvalue weighted by Gasteiger charge is -2.31. The van der Waals surface area contributed by atoms with Crippen molar-refractivity contribution in [2.24, 2.45) is 0 Å². The van der Waals surface area contributed by atoms with Gasteiger partial charge in [-0.2, -0.15) is 0 Å². The minimum atomic E-state index is -3.17. The maximum atomic E-state index is 12.7. The molecular weight excluding hydrogens is 392 g/mol. The lowest BCUT2D eigenvalue weighted by Crippen LogP contribution is -2.47. The molecule has 8 heteroatoms. The van der Waals surface area contributed by atoms with E-state index < -0.39 is 10.0 Å². The number of piperidine rings is 1. The van der Waals surface area contributed by atoms with Gasteiger partial charge in [-0.3, -0.25) is 4.79 Å². The summed E-state index contributed by atoms with van der Waals surface area (Å²) in [6, 6.07) is 5.19. The number of nitrogens with one attached hydrogen (secondary N) is 1. The van der Waals surface area contributed by atoms with Gasteiger partial charge in [0.15, 0.2) is 11.5 Å². The largest absolute Gasteiger partial charge is 0.490 e. The monoisotopic (exact) mass is 426 g/mol. The molecule has 164 valence electrons. The van der Waals surface area contributed by atoms with E-state index in [9.17, 15) is 13.2 Å². The summed E-state index contributed by atoms with van der Waals surface area (Å²) in [6.45, 7) is 7.96. The number of ether oxygens (including phenoxy) is 2. The van der Waals surface area contributed by atoms with Gasteiger partial charge in [-0.1, -0.05) is 20.8 Å². The number of hydrogen-bond acceptors (Lipinski definition) is 5. The third-order valence-corrected chi connectivity index (χ3v) is 6.85. The highest BCUT2D eigenvalue weighted by atomic mass is 32.2. The first kappa shape index (κ1) is 23.5. The fourth-order valence-corrected chi connectivity index (χ4v) is 4.78. The zero-order valence-corrected chi connectivity index (χ0v) is 18.6. The Kier molecular flexibility index (Phi) is 9.23. The molecule has 0 radical (unpaired) electrons. The van der Waals surface area contributed by atoms with Gasteiger partial charge >= 0.3 is 0 Å². The van der Waals surface area contributed by atoms with Crippen LogP contribution in [-0.2, 0) is 10.0 Å². The number of amides is 1. The summed E-state index contributed by atoms with van der Waals surface area (Å²) in [5.74, 6) is 1.22. The van der Waals surface area contributed by atoms with Crippen molar-refractivity contribution in [1.29, 1.82) is 0 Å². The van der Waals surface area contributed by atoms with E-state index in [1.54, 1.807) is 18.2 Å². The van der Waals surface area contributed by atoms with Gasteiger partial charge in [-0.05, 0) is 50.3 Å². The average molecular weight is 427 g/mol. The van der Waals surface area contributed by atoms with E-state index in [0.29, 0.717) is 62.6 Å². The number of carbonyl (C=O) groups is 1. The van der Waals surface area contributed by atoms with Crippen LogP contribution in [0.5, 0.6) is 11.5 Å². The van der Waals surface area contributed by atoms with Crippen LogP contribution < -0.4 is 14.8 Å². The van der Waals surface area contributed by atoms with Crippen LogP contribution in [0.3, 0.4) is 0 Å². The Morgan fingerprint density at radius 2 is 1.66 bits per heavy atom. The van der Waals surface area contributed by atoms with Crippen molar-refractivity contribution >= 4 is 15.9 Å². The van der Waals surface area contributed by atoms with Crippen molar-refractivity contribution in [3.8, 4) is 11.5 Å². The van der Waals surface area contributed by atoms with Crippen LogP contribution in [0.25, 0.3) is 0 Å².